The zero-order valence-electron chi connectivity index (χ0n) is 10.8. The van der Waals surface area contributed by atoms with E-state index in [9.17, 15) is 9.90 Å². The molecule has 0 amide bonds. The number of rotatable bonds is 4. The van der Waals surface area contributed by atoms with E-state index in [2.05, 4.69) is 6.92 Å². The van der Waals surface area contributed by atoms with E-state index in [1.165, 1.54) is 17.7 Å². The van der Waals surface area contributed by atoms with Crippen molar-refractivity contribution in [1.29, 1.82) is 0 Å². The first kappa shape index (κ1) is 13.1. The molecule has 19 heavy (non-hydrogen) atoms. The Morgan fingerprint density at radius 2 is 1.68 bits per heavy atom. The van der Waals surface area contributed by atoms with Gasteiger partial charge in [0, 0.05) is 0 Å². The summed E-state index contributed by atoms with van der Waals surface area (Å²) in [6.45, 7) is 2.13. The standard InChI is InChI=1S/C16H16O3/c1-2-3-11-4-6-12(7-5-11)13-8-9-15(17)14(10-13)16(18)19/h4-10,17H,2-3H2,1H3,(H,18,19). The summed E-state index contributed by atoms with van der Waals surface area (Å²) in [4.78, 5) is 11.0. The van der Waals surface area contributed by atoms with Gasteiger partial charge in [-0.05, 0) is 35.2 Å². The maximum absolute atomic E-state index is 11.0. The molecule has 0 saturated carbocycles. The number of carboxylic acids is 1. The van der Waals surface area contributed by atoms with Gasteiger partial charge in [0.1, 0.15) is 11.3 Å². The number of phenols is 1. The van der Waals surface area contributed by atoms with E-state index < -0.39 is 5.97 Å². The molecular weight excluding hydrogens is 240 g/mol. The number of aromatic hydroxyl groups is 1. The largest absolute Gasteiger partial charge is 0.507 e. The van der Waals surface area contributed by atoms with Crippen LogP contribution >= 0.6 is 0 Å². The summed E-state index contributed by atoms with van der Waals surface area (Å²) in [5.41, 5.74) is 2.93. The molecule has 2 N–H and O–H groups in total. The minimum absolute atomic E-state index is 0.0739. The second-order valence-electron chi connectivity index (χ2n) is 4.48. The minimum Gasteiger partial charge on any atom is -0.507 e. The second-order valence-corrected chi connectivity index (χ2v) is 4.48. The molecule has 0 unspecified atom stereocenters. The van der Waals surface area contributed by atoms with Crippen molar-refractivity contribution in [2.75, 3.05) is 0 Å². The van der Waals surface area contributed by atoms with Gasteiger partial charge in [-0.3, -0.25) is 0 Å². The smallest absolute Gasteiger partial charge is 0.339 e. The Morgan fingerprint density at radius 3 is 2.26 bits per heavy atom. The molecule has 0 fully saturated rings. The Kier molecular flexibility index (Phi) is 3.85. The molecule has 0 spiro atoms. The van der Waals surface area contributed by atoms with E-state index in [4.69, 9.17) is 5.11 Å². The van der Waals surface area contributed by atoms with Crippen molar-refractivity contribution in [2.24, 2.45) is 0 Å². The van der Waals surface area contributed by atoms with Crippen LogP contribution in [0, 0.1) is 0 Å². The van der Waals surface area contributed by atoms with Gasteiger partial charge in [0.25, 0.3) is 0 Å². The van der Waals surface area contributed by atoms with Gasteiger partial charge in [0.05, 0.1) is 0 Å². The third-order valence-electron chi connectivity index (χ3n) is 3.05. The van der Waals surface area contributed by atoms with E-state index in [-0.39, 0.29) is 11.3 Å². The highest BCUT2D eigenvalue weighted by atomic mass is 16.4. The molecule has 0 atom stereocenters. The molecular formula is C16H16O3. The van der Waals surface area contributed by atoms with Gasteiger partial charge in [0.2, 0.25) is 0 Å². The van der Waals surface area contributed by atoms with Crippen molar-refractivity contribution in [3.8, 4) is 16.9 Å². The van der Waals surface area contributed by atoms with E-state index in [1.54, 1.807) is 6.07 Å². The number of aromatic carboxylic acids is 1. The van der Waals surface area contributed by atoms with Crippen LogP contribution in [0.4, 0.5) is 0 Å². The van der Waals surface area contributed by atoms with Crippen LogP contribution in [0.3, 0.4) is 0 Å². The van der Waals surface area contributed by atoms with Gasteiger partial charge in [-0.15, -0.1) is 0 Å². The van der Waals surface area contributed by atoms with Crippen molar-refractivity contribution in [2.45, 2.75) is 19.8 Å². The summed E-state index contributed by atoms with van der Waals surface area (Å²) in [5, 5.41) is 18.5. The lowest BCUT2D eigenvalue weighted by molar-refractivity contribution is 0.0694. The molecule has 0 aliphatic rings. The molecule has 2 rings (SSSR count). The summed E-state index contributed by atoms with van der Waals surface area (Å²) in [5.74, 6) is -1.33. The van der Waals surface area contributed by atoms with Crippen molar-refractivity contribution >= 4 is 5.97 Å². The van der Waals surface area contributed by atoms with Crippen molar-refractivity contribution in [3.63, 3.8) is 0 Å². The lowest BCUT2D eigenvalue weighted by Crippen LogP contribution is -1.97. The van der Waals surface area contributed by atoms with Crippen LogP contribution in [0.15, 0.2) is 42.5 Å². The molecule has 98 valence electrons. The van der Waals surface area contributed by atoms with Crippen LogP contribution < -0.4 is 0 Å². The molecule has 0 bridgehead atoms. The van der Waals surface area contributed by atoms with Gasteiger partial charge in [-0.1, -0.05) is 43.7 Å². The molecule has 3 nitrogen and oxygen atoms in total. The maximum Gasteiger partial charge on any atom is 0.339 e. The third-order valence-corrected chi connectivity index (χ3v) is 3.05. The Balaban J connectivity index is 2.36. The van der Waals surface area contributed by atoms with Gasteiger partial charge in [0.15, 0.2) is 0 Å². The number of carbonyl (C=O) groups is 1. The Labute approximate surface area is 112 Å². The zero-order chi connectivity index (χ0) is 13.8. The summed E-state index contributed by atoms with van der Waals surface area (Å²) in [6.07, 6.45) is 2.14. The molecule has 3 heteroatoms. The summed E-state index contributed by atoms with van der Waals surface area (Å²) in [6, 6.07) is 12.7. The molecule has 0 saturated heterocycles. The lowest BCUT2D eigenvalue weighted by atomic mass is 10.00. The van der Waals surface area contributed by atoms with Crippen LogP contribution in [0.1, 0.15) is 29.3 Å². The number of hydrogen-bond acceptors (Lipinski definition) is 2. The predicted octanol–water partition coefficient (Wildman–Crippen LogP) is 3.71. The molecule has 0 aliphatic heterocycles. The highest BCUT2D eigenvalue weighted by Crippen LogP contribution is 2.26. The second kappa shape index (κ2) is 5.57. The first-order valence-electron chi connectivity index (χ1n) is 6.27. The highest BCUT2D eigenvalue weighted by Gasteiger charge is 2.10. The van der Waals surface area contributed by atoms with Gasteiger partial charge >= 0.3 is 5.97 Å². The average molecular weight is 256 g/mol. The predicted molar refractivity (Wildman–Crippen MR) is 74.5 cm³/mol. The molecule has 0 aromatic heterocycles. The van der Waals surface area contributed by atoms with Crippen LogP contribution in [0.2, 0.25) is 0 Å². The summed E-state index contributed by atoms with van der Waals surface area (Å²) in [7, 11) is 0. The first-order valence-corrected chi connectivity index (χ1v) is 6.27. The lowest BCUT2D eigenvalue weighted by Gasteiger charge is -2.06. The summed E-state index contributed by atoms with van der Waals surface area (Å²) < 4.78 is 0. The van der Waals surface area contributed by atoms with Crippen molar-refractivity contribution in [3.05, 3.63) is 53.6 Å². The van der Waals surface area contributed by atoms with Crippen LogP contribution in [-0.4, -0.2) is 16.2 Å². The van der Waals surface area contributed by atoms with Crippen LogP contribution in [-0.2, 0) is 6.42 Å². The zero-order valence-corrected chi connectivity index (χ0v) is 10.8. The highest BCUT2D eigenvalue weighted by molar-refractivity contribution is 5.92. The van der Waals surface area contributed by atoms with E-state index in [0.29, 0.717) is 0 Å². The van der Waals surface area contributed by atoms with Crippen molar-refractivity contribution < 1.29 is 15.0 Å². The Morgan fingerprint density at radius 1 is 1.05 bits per heavy atom. The molecule has 0 aliphatic carbocycles. The first-order chi connectivity index (χ1) is 9.11. The van der Waals surface area contributed by atoms with E-state index >= 15 is 0 Å². The fraction of sp³-hybridized carbons (Fsp3) is 0.188. The van der Waals surface area contributed by atoms with Gasteiger partial charge < -0.3 is 10.2 Å². The van der Waals surface area contributed by atoms with Crippen LogP contribution in [0.25, 0.3) is 11.1 Å². The number of hydrogen-bond donors (Lipinski definition) is 2. The number of benzene rings is 2. The Hall–Kier alpha value is -2.29. The normalized spacial score (nSPS) is 10.4. The monoisotopic (exact) mass is 256 g/mol. The van der Waals surface area contributed by atoms with E-state index in [0.717, 1.165) is 24.0 Å². The molecule has 0 radical (unpaired) electrons. The maximum atomic E-state index is 11.0. The average Bonchev–Trinajstić information content (AvgIpc) is 2.40. The SMILES string of the molecule is CCCc1ccc(-c2ccc(O)c(C(=O)O)c2)cc1. The topological polar surface area (TPSA) is 57.5 Å². The van der Waals surface area contributed by atoms with Gasteiger partial charge in [-0.2, -0.15) is 0 Å². The van der Waals surface area contributed by atoms with Crippen molar-refractivity contribution in [1.82, 2.24) is 0 Å². The Bertz CT molecular complexity index is 585. The van der Waals surface area contributed by atoms with Crippen LogP contribution in [0.5, 0.6) is 5.75 Å². The van der Waals surface area contributed by atoms with Gasteiger partial charge in [-0.25, -0.2) is 4.79 Å². The summed E-state index contributed by atoms with van der Waals surface area (Å²) >= 11 is 0. The fourth-order valence-corrected chi connectivity index (χ4v) is 2.04. The quantitative estimate of drug-likeness (QED) is 0.876. The molecule has 2 aromatic rings. The number of carboxylic acid groups (broad SMARTS) is 1. The minimum atomic E-state index is -1.12. The molecule has 0 heterocycles. The number of aryl methyl sites for hydroxylation is 1. The fourth-order valence-electron chi connectivity index (χ4n) is 2.04. The third kappa shape index (κ3) is 2.94. The molecule has 2 aromatic carbocycles. The van der Waals surface area contributed by atoms with E-state index in [1.807, 2.05) is 24.3 Å².